The number of hydrogen-bond donors (Lipinski definition) is 1. The molecule has 0 fully saturated rings. The van der Waals surface area contributed by atoms with Gasteiger partial charge < -0.3 is 10.1 Å². The number of rotatable bonds is 5. The molecule has 2 aromatic heterocycles. The van der Waals surface area contributed by atoms with Crippen LogP contribution in [0.15, 0.2) is 36.7 Å². The lowest BCUT2D eigenvalue weighted by atomic mass is 10.3. The summed E-state index contributed by atoms with van der Waals surface area (Å²) in [6.07, 6.45) is 3.38. The minimum atomic E-state index is -0.278. The molecular weight excluding hydrogens is 244 g/mol. The predicted molar refractivity (Wildman–Crippen MR) is 68.6 cm³/mol. The standard InChI is InChI=1S/C13H14N4O2/c1-2-19-12-6-5-11(16-17-12)13(18)15-9-10-4-3-7-14-8-10/h3-8H,2,9H2,1H3,(H,15,18). The summed E-state index contributed by atoms with van der Waals surface area (Å²) in [4.78, 5) is 15.8. The van der Waals surface area contributed by atoms with Crippen molar-refractivity contribution in [3.05, 3.63) is 47.9 Å². The normalized spacial score (nSPS) is 9.95. The molecule has 0 saturated carbocycles. The summed E-state index contributed by atoms with van der Waals surface area (Å²) >= 11 is 0. The first-order valence-electron chi connectivity index (χ1n) is 5.93. The van der Waals surface area contributed by atoms with Gasteiger partial charge in [-0.15, -0.1) is 10.2 Å². The molecule has 0 bridgehead atoms. The number of carbonyl (C=O) groups excluding carboxylic acids is 1. The summed E-state index contributed by atoms with van der Waals surface area (Å²) < 4.78 is 5.16. The fraction of sp³-hybridized carbons (Fsp3) is 0.231. The molecule has 0 atom stereocenters. The molecule has 2 aromatic rings. The highest BCUT2D eigenvalue weighted by Gasteiger charge is 2.08. The molecule has 0 radical (unpaired) electrons. The third-order valence-corrected chi connectivity index (χ3v) is 2.34. The van der Waals surface area contributed by atoms with Crippen LogP contribution in [-0.4, -0.2) is 27.7 Å². The van der Waals surface area contributed by atoms with Crippen molar-refractivity contribution < 1.29 is 9.53 Å². The summed E-state index contributed by atoms with van der Waals surface area (Å²) in [5.41, 5.74) is 1.18. The molecule has 0 aliphatic heterocycles. The van der Waals surface area contributed by atoms with E-state index in [4.69, 9.17) is 4.74 Å². The maximum Gasteiger partial charge on any atom is 0.272 e. The Bertz CT molecular complexity index is 528. The van der Waals surface area contributed by atoms with E-state index in [1.54, 1.807) is 24.5 Å². The lowest BCUT2D eigenvalue weighted by Crippen LogP contribution is -2.24. The minimum absolute atomic E-state index is 0.257. The molecule has 6 nitrogen and oxygen atoms in total. The number of nitrogens with one attached hydrogen (secondary N) is 1. The highest BCUT2D eigenvalue weighted by molar-refractivity contribution is 5.91. The Morgan fingerprint density at radius 3 is 2.84 bits per heavy atom. The molecule has 0 aliphatic carbocycles. The number of aromatic nitrogens is 3. The van der Waals surface area contributed by atoms with Crippen LogP contribution in [0.2, 0.25) is 0 Å². The monoisotopic (exact) mass is 258 g/mol. The first-order chi connectivity index (χ1) is 9.29. The van der Waals surface area contributed by atoms with Gasteiger partial charge in [0.15, 0.2) is 5.69 Å². The van der Waals surface area contributed by atoms with Gasteiger partial charge in [-0.2, -0.15) is 0 Å². The molecule has 1 N–H and O–H groups in total. The third kappa shape index (κ3) is 3.74. The van der Waals surface area contributed by atoms with Crippen LogP contribution in [0.25, 0.3) is 0 Å². The minimum Gasteiger partial charge on any atom is -0.477 e. The van der Waals surface area contributed by atoms with Gasteiger partial charge in [0, 0.05) is 25.0 Å². The van der Waals surface area contributed by atoms with Crippen LogP contribution >= 0.6 is 0 Å². The van der Waals surface area contributed by atoms with Gasteiger partial charge in [-0.3, -0.25) is 9.78 Å². The molecular formula is C13H14N4O2. The van der Waals surface area contributed by atoms with Gasteiger partial charge in [-0.05, 0) is 24.6 Å². The average Bonchev–Trinajstić information content (AvgIpc) is 2.47. The van der Waals surface area contributed by atoms with E-state index in [1.165, 1.54) is 0 Å². The lowest BCUT2D eigenvalue weighted by molar-refractivity contribution is 0.0944. The zero-order chi connectivity index (χ0) is 13.5. The Morgan fingerprint density at radius 2 is 2.21 bits per heavy atom. The highest BCUT2D eigenvalue weighted by Crippen LogP contribution is 2.04. The summed E-state index contributed by atoms with van der Waals surface area (Å²) in [6, 6.07) is 6.90. The molecule has 0 aliphatic rings. The van der Waals surface area contributed by atoms with E-state index in [2.05, 4.69) is 20.5 Å². The van der Waals surface area contributed by atoms with Crippen LogP contribution < -0.4 is 10.1 Å². The van der Waals surface area contributed by atoms with E-state index in [0.717, 1.165) is 5.56 Å². The van der Waals surface area contributed by atoms with Crippen molar-refractivity contribution in [2.45, 2.75) is 13.5 Å². The van der Waals surface area contributed by atoms with E-state index < -0.39 is 0 Å². The van der Waals surface area contributed by atoms with Crippen molar-refractivity contribution in [3.8, 4) is 5.88 Å². The summed E-state index contributed by atoms with van der Waals surface area (Å²) in [6.45, 7) is 2.78. The van der Waals surface area contributed by atoms with Gasteiger partial charge in [0.2, 0.25) is 5.88 Å². The second-order valence-corrected chi connectivity index (χ2v) is 3.73. The predicted octanol–water partition coefficient (Wildman–Crippen LogP) is 1.20. The molecule has 2 heterocycles. The maximum atomic E-state index is 11.8. The topological polar surface area (TPSA) is 77.0 Å². The molecule has 98 valence electrons. The second-order valence-electron chi connectivity index (χ2n) is 3.73. The largest absolute Gasteiger partial charge is 0.477 e. The molecule has 2 rings (SSSR count). The van der Waals surface area contributed by atoms with E-state index in [0.29, 0.717) is 19.0 Å². The fourth-order valence-corrected chi connectivity index (χ4v) is 1.44. The van der Waals surface area contributed by atoms with Crippen LogP contribution in [0.4, 0.5) is 0 Å². The van der Waals surface area contributed by atoms with Crippen molar-refractivity contribution in [3.63, 3.8) is 0 Å². The zero-order valence-corrected chi connectivity index (χ0v) is 10.5. The second kappa shape index (κ2) is 6.44. The molecule has 19 heavy (non-hydrogen) atoms. The first-order valence-corrected chi connectivity index (χ1v) is 5.93. The Hall–Kier alpha value is -2.50. The van der Waals surface area contributed by atoms with Crippen molar-refractivity contribution in [2.24, 2.45) is 0 Å². The summed E-state index contributed by atoms with van der Waals surface area (Å²) in [5.74, 6) is 0.130. The number of ether oxygens (including phenoxy) is 1. The van der Waals surface area contributed by atoms with Crippen molar-refractivity contribution in [1.29, 1.82) is 0 Å². The summed E-state index contributed by atoms with van der Waals surface area (Å²) in [5, 5.41) is 10.4. The van der Waals surface area contributed by atoms with E-state index in [9.17, 15) is 4.79 Å². The Morgan fingerprint density at radius 1 is 1.32 bits per heavy atom. The van der Waals surface area contributed by atoms with E-state index in [-0.39, 0.29) is 11.6 Å². The highest BCUT2D eigenvalue weighted by atomic mass is 16.5. The van der Waals surface area contributed by atoms with Gasteiger partial charge in [0.25, 0.3) is 5.91 Å². The number of nitrogens with zero attached hydrogens (tertiary/aromatic N) is 3. The zero-order valence-electron chi connectivity index (χ0n) is 10.5. The lowest BCUT2D eigenvalue weighted by Gasteiger charge is -2.05. The van der Waals surface area contributed by atoms with E-state index >= 15 is 0 Å². The molecule has 1 amide bonds. The van der Waals surface area contributed by atoms with Gasteiger partial charge in [-0.1, -0.05) is 6.07 Å². The average molecular weight is 258 g/mol. The molecule has 0 saturated heterocycles. The van der Waals surface area contributed by atoms with Gasteiger partial charge in [0.05, 0.1) is 6.61 Å². The van der Waals surface area contributed by atoms with Crippen LogP contribution in [0.3, 0.4) is 0 Å². The number of amides is 1. The molecule has 6 heteroatoms. The number of carbonyl (C=O) groups is 1. The fourth-order valence-electron chi connectivity index (χ4n) is 1.44. The van der Waals surface area contributed by atoms with Crippen molar-refractivity contribution in [1.82, 2.24) is 20.5 Å². The quantitative estimate of drug-likeness (QED) is 0.872. The van der Waals surface area contributed by atoms with Crippen LogP contribution in [0.1, 0.15) is 23.0 Å². The van der Waals surface area contributed by atoms with Gasteiger partial charge >= 0.3 is 0 Å². The van der Waals surface area contributed by atoms with Crippen LogP contribution in [-0.2, 0) is 6.54 Å². The van der Waals surface area contributed by atoms with Crippen LogP contribution in [0.5, 0.6) is 5.88 Å². The number of pyridine rings is 1. The third-order valence-electron chi connectivity index (χ3n) is 2.34. The SMILES string of the molecule is CCOc1ccc(C(=O)NCc2cccnc2)nn1. The van der Waals surface area contributed by atoms with E-state index in [1.807, 2.05) is 19.1 Å². The van der Waals surface area contributed by atoms with Crippen LogP contribution in [0, 0.1) is 0 Å². The molecule has 0 aromatic carbocycles. The van der Waals surface area contributed by atoms with Gasteiger partial charge in [0.1, 0.15) is 0 Å². The summed E-state index contributed by atoms with van der Waals surface area (Å²) in [7, 11) is 0. The Kier molecular flexibility index (Phi) is 4.39. The van der Waals surface area contributed by atoms with Crippen molar-refractivity contribution >= 4 is 5.91 Å². The smallest absolute Gasteiger partial charge is 0.272 e. The first kappa shape index (κ1) is 12.9. The van der Waals surface area contributed by atoms with Crippen molar-refractivity contribution in [2.75, 3.05) is 6.61 Å². The van der Waals surface area contributed by atoms with Gasteiger partial charge in [-0.25, -0.2) is 0 Å². The molecule has 0 unspecified atom stereocenters. The Balaban J connectivity index is 1.92. The molecule has 0 spiro atoms. The Labute approximate surface area is 110 Å². The number of hydrogen-bond acceptors (Lipinski definition) is 5. The maximum absolute atomic E-state index is 11.8.